The van der Waals surface area contributed by atoms with E-state index in [0.717, 1.165) is 16.2 Å². The summed E-state index contributed by atoms with van der Waals surface area (Å²) in [5.74, 6) is -0.353. The lowest BCUT2D eigenvalue weighted by Crippen LogP contribution is -2.38. The first kappa shape index (κ1) is 20.3. The molecule has 0 aliphatic heterocycles. The van der Waals surface area contributed by atoms with Crippen molar-refractivity contribution in [3.05, 3.63) is 58.7 Å². The Bertz CT molecular complexity index is 1010. The molecule has 2 N–H and O–H groups in total. The molecule has 2 aromatic heterocycles. The first-order valence-corrected chi connectivity index (χ1v) is 10.1. The largest absolute Gasteiger partial charge is 0.398 e. The van der Waals surface area contributed by atoms with Gasteiger partial charge in [-0.25, -0.2) is 14.4 Å². The van der Waals surface area contributed by atoms with Gasteiger partial charge in [0.2, 0.25) is 0 Å². The number of pyridine rings is 1. The van der Waals surface area contributed by atoms with Crippen LogP contribution in [0.2, 0.25) is 0 Å². The topological polar surface area (TPSA) is 77.0 Å². The quantitative estimate of drug-likeness (QED) is 0.563. The molecule has 0 saturated heterocycles. The minimum Gasteiger partial charge on any atom is -0.398 e. The van der Waals surface area contributed by atoms with Gasteiger partial charge in [-0.2, -0.15) is 0 Å². The Hall–Kier alpha value is -2.39. The van der Waals surface area contributed by atoms with Crippen molar-refractivity contribution in [2.75, 3.05) is 10.6 Å². The summed E-state index contributed by atoms with van der Waals surface area (Å²) in [5, 5.41) is 0.609. The predicted octanol–water partition coefficient (Wildman–Crippen LogP) is 4.51. The number of imidazole rings is 1. The van der Waals surface area contributed by atoms with Crippen molar-refractivity contribution in [1.82, 2.24) is 14.5 Å². The number of anilines is 2. The molecule has 9 heteroatoms. The van der Waals surface area contributed by atoms with Crippen molar-refractivity contribution in [3.8, 4) is 0 Å². The van der Waals surface area contributed by atoms with E-state index in [1.807, 2.05) is 20.9 Å². The van der Waals surface area contributed by atoms with Gasteiger partial charge in [0.05, 0.1) is 10.5 Å². The van der Waals surface area contributed by atoms with Crippen LogP contribution in [0.25, 0.3) is 0 Å². The van der Waals surface area contributed by atoms with E-state index in [4.69, 9.17) is 5.73 Å². The number of carbonyl (C=O) groups excluding carboxylic acids is 1. The SMILES string of the molecule is CC(C)N(C(=O)c1cc(Sc2nccn2C)c(F)cc1N)c1ccc(Br)cn1. The maximum absolute atomic E-state index is 14.5. The lowest BCUT2D eigenvalue weighted by Gasteiger charge is -2.26. The predicted molar refractivity (Wildman–Crippen MR) is 112 cm³/mol. The van der Waals surface area contributed by atoms with Gasteiger partial charge < -0.3 is 10.3 Å². The number of carbonyl (C=O) groups is 1. The number of aromatic nitrogens is 3. The van der Waals surface area contributed by atoms with Crippen molar-refractivity contribution in [2.24, 2.45) is 7.05 Å². The van der Waals surface area contributed by atoms with Gasteiger partial charge in [-0.15, -0.1) is 0 Å². The number of rotatable bonds is 5. The normalized spacial score (nSPS) is 11.1. The molecule has 0 atom stereocenters. The van der Waals surface area contributed by atoms with Crippen LogP contribution in [-0.2, 0) is 7.05 Å². The van der Waals surface area contributed by atoms with Crippen LogP contribution in [0, 0.1) is 5.82 Å². The molecule has 0 saturated carbocycles. The van der Waals surface area contributed by atoms with Gasteiger partial charge in [0.15, 0.2) is 5.16 Å². The molecule has 0 aliphatic carbocycles. The highest BCUT2D eigenvalue weighted by molar-refractivity contribution is 9.10. The van der Waals surface area contributed by atoms with Crippen molar-refractivity contribution < 1.29 is 9.18 Å². The van der Waals surface area contributed by atoms with E-state index in [2.05, 4.69) is 25.9 Å². The second-order valence-corrected chi connectivity index (χ2v) is 8.32. The van der Waals surface area contributed by atoms with Crippen LogP contribution >= 0.6 is 27.7 Å². The van der Waals surface area contributed by atoms with Crippen LogP contribution in [0.5, 0.6) is 0 Å². The summed E-state index contributed by atoms with van der Waals surface area (Å²) in [7, 11) is 1.82. The number of hydrogen-bond donors (Lipinski definition) is 1. The second kappa shape index (κ2) is 8.32. The fourth-order valence-electron chi connectivity index (χ4n) is 2.62. The first-order chi connectivity index (χ1) is 13.3. The molecule has 0 fully saturated rings. The number of hydrogen-bond acceptors (Lipinski definition) is 5. The number of nitrogens with two attached hydrogens (primary N) is 1. The minimum absolute atomic E-state index is 0.0782. The number of aryl methyl sites for hydroxylation is 1. The van der Waals surface area contributed by atoms with Crippen molar-refractivity contribution in [2.45, 2.75) is 29.9 Å². The highest BCUT2D eigenvalue weighted by atomic mass is 79.9. The maximum Gasteiger partial charge on any atom is 0.261 e. The lowest BCUT2D eigenvalue weighted by molar-refractivity contribution is 0.0980. The average Bonchev–Trinajstić information content (AvgIpc) is 3.03. The molecule has 1 amide bonds. The molecule has 3 aromatic rings. The summed E-state index contributed by atoms with van der Waals surface area (Å²) in [6.45, 7) is 3.76. The van der Waals surface area contributed by atoms with E-state index in [9.17, 15) is 9.18 Å². The molecule has 0 spiro atoms. The van der Waals surface area contributed by atoms with Gasteiger partial charge in [-0.1, -0.05) is 0 Å². The summed E-state index contributed by atoms with van der Waals surface area (Å²) in [5.41, 5.74) is 6.29. The fraction of sp³-hybridized carbons (Fsp3) is 0.211. The highest BCUT2D eigenvalue weighted by Crippen LogP contribution is 2.32. The molecule has 2 heterocycles. The van der Waals surface area contributed by atoms with E-state index in [-0.39, 0.29) is 28.1 Å². The standard InChI is InChI=1S/C19H19BrFN5OS/c1-11(2)26(17-5-4-12(20)10-24-17)18(27)13-8-16(14(21)9-15(13)22)28-19-23-6-7-25(19)3/h4-11H,22H2,1-3H3. The molecular formula is C19H19BrFN5OS. The van der Waals surface area contributed by atoms with E-state index < -0.39 is 5.82 Å². The third-order valence-electron chi connectivity index (χ3n) is 4.01. The summed E-state index contributed by atoms with van der Waals surface area (Å²) in [6, 6.07) is 6.02. The van der Waals surface area contributed by atoms with E-state index in [1.165, 1.54) is 17.0 Å². The molecule has 146 valence electrons. The van der Waals surface area contributed by atoms with Gasteiger partial charge in [-0.3, -0.25) is 9.69 Å². The summed E-state index contributed by atoms with van der Waals surface area (Å²) in [4.78, 5) is 23.6. The van der Waals surface area contributed by atoms with Crippen LogP contribution in [0.15, 0.2) is 57.4 Å². The molecule has 1 aromatic carbocycles. The van der Waals surface area contributed by atoms with Crippen molar-refractivity contribution in [3.63, 3.8) is 0 Å². The lowest BCUT2D eigenvalue weighted by atomic mass is 10.1. The van der Waals surface area contributed by atoms with Gasteiger partial charge in [0.1, 0.15) is 11.6 Å². The number of halogens is 2. The first-order valence-electron chi connectivity index (χ1n) is 8.47. The number of benzene rings is 1. The van der Waals surface area contributed by atoms with Gasteiger partial charge in [0.25, 0.3) is 5.91 Å². The fourth-order valence-corrected chi connectivity index (χ4v) is 3.71. The smallest absolute Gasteiger partial charge is 0.261 e. The Morgan fingerprint density at radius 2 is 2.07 bits per heavy atom. The summed E-state index contributed by atoms with van der Waals surface area (Å²) in [6.07, 6.45) is 5.01. The monoisotopic (exact) mass is 463 g/mol. The van der Waals surface area contributed by atoms with Crippen LogP contribution in [0.4, 0.5) is 15.9 Å². The Labute approximate surface area is 175 Å². The highest BCUT2D eigenvalue weighted by Gasteiger charge is 2.25. The number of nitrogen functional groups attached to an aromatic ring is 1. The maximum atomic E-state index is 14.5. The molecular weight excluding hydrogens is 445 g/mol. The molecule has 0 radical (unpaired) electrons. The van der Waals surface area contributed by atoms with E-state index in [0.29, 0.717) is 11.0 Å². The van der Waals surface area contributed by atoms with Crippen molar-refractivity contribution >= 4 is 45.1 Å². The van der Waals surface area contributed by atoms with Crippen LogP contribution in [0.1, 0.15) is 24.2 Å². The average molecular weight is 464 g/mol. The molecule has 3 rings (SSSR count). The molecule has 0 aliphatic rings. The molecule has 0 unspecified atom stereocenters. The third-order valence-corrected chi connectivity index (χ3v) is 5.58. The second-order valence-electron chi connectivity index (χ2n) is 6.40. The number of amides is 1. The van der Waals surface area contributed by atoms with Crippen LogP contribution < -0.4 is 10.6 Å². The van der Waals surface area contributed by atoms with E-state index >= 15 is 0 Å². The van der Waals surface area contributed by atoms with Crippen LogP contribution in [0.3, 0.4) is 0 Å². The Morgan fingerprint density at radius 3 is 2.64 bits per heavy atom. The third kappa shape index (κ3) is 4.20. The van der Waals surface area contributed by atoms with Crippen molar-refractivity contribution in [1.29, 1.82) is 0 Å². The summed E-state index contributed by atoms with van der Waals surface area (Å²) >= 11 is 4.47. The molecule has 28 heavy (non-hydrogen) atoms. The van der Waals surface area contributed by atoms with Gasteiger partial charge in [-0.05, 0) is 65.8 Å². The zero-order valence-electron chi connectivity index (χ0n) is 15.6. The Balaban J connectivity index is 2.00. The molecule has 6 nitrogen and oxygen atoms in total. The van der Waals surface area contributed by atoms with Crippen LogP contribution in [-0.4, -0.2) is 26.5 Å². The Morgan fingerprint density at radius 1 is 1.32 bits per heavy atom. The zero-order chi connectivity index (χ0) is 20.4. The van der Waals surface area contributed by atoms with Gasteiger partial charge in [0, 0.05) is 41.8 Å². The molecule has 0 bridgehead atoms. The minimum atomic E-state index is -0.500. The Kier molecular flexibility index (Phi) is 6.04. The summed E-state index contributed by atoms with van der Waals surface area (Å²) < 4.78 is 17.0. The zero-order valence-corrected chi connectivity index (χ0v) is 18.0. The number of nitrogens with zero attached hydrogens (tertiary/aromatic N) is 4. The van der Waals surface area contributed by atoms with E-state index in [1.54, 1.807) is 35.3 Å². The van der Waals surface area contributed by atoms with Gasteiger partial charge >= 0.3 is 0 Å².